The average molecular weight is 422 g/mol. The molecule has 1 saturated heterocycles. The SMILES string of the molecule is CC(C)CN1C[C@@H](COc2ccc3c(c2)CCC3)C[C@@H](C(=O)NCc2cccnc2)C1. The topological polar surface area (TPSA) is 54.5 Å². The summed E-state index contributed by atoms with van der Waals surface area (Å²) in [5.41, 5.74) is 3.94. The highest BCUT2D eigenvalue weighted by atomic mass is 16.5. The molecule has 1 amide bonds. The van der Waals surface area contributed by atoms with Gasteiger partial charge in [-0.15, -0.1) is 0 Å². The van der Waals surface area contributed by atoms with Crippen LogP contribution in [0.1, 0.15) is 43.4 Å². The summed E-state index contributed by atoms with van der Waals surface area (Å²) in [5.74, 6) is 2.04. The van der Waals surface area contributed by atoms with Crippen LogP contribution >= 0.6 is 0 Å². The van der Waals surface area contributed by atoms with E-state index in [-0.39, 0.29) is 11.8 Å². The van der Waals surface area contributed by atoms with Crippen molar-refractivity contribution in [3.63, 3.8) is 0 Å². The van der Waals surface area contributed by atoms with Crippen molar-refractivity contribution in [2.24, 2.45) is 17.8 Å². The second-order valence-electron chi connectivity index (χ2n) is 9.59. The number of likely N-dealkylation sites (tertiary alicyclic amines) is 1. The molecule has 1 N–H and O–H groups in total. The minimum absolute atomic E-state index is 0.00204. The van der Waals surface area contributed by atoms with E-state index in [9.17, 15) is 4.79 Å². The highest BCUT2D eigenvalue weighted by Gasteiger charge is 2.32. The Labute approximate surface area is 186 Å². The van der Waals surface area contributed by atoms with E-state index in [2.05, 4.69) is 47.2 Å². The van der Waals surface area contributed by atoms with E-state index >= 15 is 0 Å². The molecule has 1 aliphatic heterocycles. The van der Waals surface area contributed by atoms with Crippen molar-refractivity contribution in [3.8, 4) is 5.75 Å². The van der Waals surface area contributed by atoms with Gasteiger partial charge in [0, 0.05) is 44.5 Å². The fourth-order valence-corrected chi connectivity index (χ4v) is 4.97. The van der Waals surface area contributed by atoms with Crippen LogP contribution in [0.4, 0.5) is 0 Å². The summed E-state index contributed by atoms with van der Waals surface area (Å²) in [7, 11) is 0. The number of ether oxygens (including phenoxy) is 1. The van der Waals surface area contributed by atoms with Crippen molar-refractivity contribution < 1.29 is 9.53 Å². The third-order valence-electron chi connectivity index (χ3n) is 6.35. The zero-order chi connectivity index (χ0) is 21.6. The van der Waals surface area contributed by atoms with Crippen molar-refractivity contribution >= 4 is 5.91 Å². The number of hydrogen-bond acceptors (Lipinski definition) is 4. The van der Waals surface area contributed by atoms with E-state index in [0.717, 1.165) is 43.8 Å². The molecule has 0 spiro atoms. The Hall–Kier alpha value is -2.40. The molecule has 166 valence electrons. The first kappa shape index (κ1) is 21.8. The number of fused-ring (bicyclic) bond motifs is 1. The lowest BCUT2D eigenvalue weighted by Gasteiger charge is -2.38. The maximum Gasteiger partial charge on any atom is 0.224 e. The first-order valence-corrected chi connectivity index (χ1v) is 11.7. The molecular weight excluding hydrogens is 386 g/mol. The number of amides is 1. The second kappa shape index (κ2) is 10.3. The molecule has 31 heavy (non-hydrogen) atoms. The van der Waals surface area contributed by atoms with E-state index in [0.29, 0.717) is 25.0 Å². The summed E-state index contributed by atoms with van der Waals surface area (Å²) in [6.07, 6.45) is 8.04. The summed E-state index contributed by atoms with van der Waals surface area (Å²) in [6, 6.07) is 10.4. The molecule has 1 aromatic heterocycles. The number of rotatable bonds is 8. The fraction of sp³-hybridized carbons (Fsp3) is 0.538. The summed E-state index contributed by atoms with van der Waals surface area (Å²) < 4.78 is 6.21. The molecule has 2 aliphatic rings. The predicted octanol–water partition coefficient (Wildman–Crippen LogP) is 3.86. The standard InChI is InChI=1S/C26H35N3O2/c1-19(2)15-29-16-21(18-31-25-9-8-22-6-3-7-23(22)12-25)11-24(17-29)26(30)28-14-20-5-4-10-27-13-20/h4-5,8-10,12-13,19,21,24H,3,6-7,11,14-18H2,1-2H3,(H,28,30)/t21-,24+/m0/s1. The highest BCUT2D eigenvalue weighted by molar-refractivity contribution is 5.79. The lowest BCUT2D eigenvalue weighted by Crippen LogP contribution is -2.48. The third kappa shape index (κ3) is 6.07. The van der Waals surface area contributed by atoms with Crippen LogP contribution in [0.2, 0.25) is 0 Å². The summed E-state index contributed by atoms with van der Waals surface area (Å²) in [6.45, 7) is 8.51. The predicted molar refractivity (Wildman–Crippen MR) is 123 cm³/mol. The van der Waals surface area contributed by atoms with Crippen LogP contribution in [0, 0.1) is 17.8 Å². The number of piperidine rings is 1. The van der Waals surface area contributed by atoms with Crippen LogP contribution in [0.15, 0.2) is 42.7 Å². The van der Waals surface area contributed by atoms with E-state index in [1.807, 2.05) is 12.1 Å². The number of nitrogens with one attached hydrogen (secondary N) is 1. The van der Waals surface area contributed by atoms with Crippen LogP contribution in [0.25, 0.3) is 0 Å². The molecule has 0 saturated carbocycles. The van der Waals surface area contributed by atoms with Crippen LogP contribution in [-0.2, 0) is 24.2 Å². The normalized spacial score (nSPS) is 21.1. The quantitative estimate of drug-likeness (QED) is 0.703. The van der Waals surface area contributed by atoms with E-state index in [1.165, 1.54) is 24.0 Å². The molecule has 0 unspecified atom stereocenters. The van der Waals surface area contributed by atoms with Crippen molar-refractivity contribution in [1.82, 2.24) is 15.2 Å². The largest absolute Gasteiger partial charge is 0.493 e. The Morgan fingerprint density at radius 3 is 2.90 bits per heavy atom. The molecule has 1 fully saturated rings. The first-order chi connectivity index (χ1) is 15.1. The zero-order valence-corrected chi connectivity index (χ0v) is 18.8. The molecular formula is C26H35N3O2. The van der Waals surface area contributed by atoms with Gasteiger partial charge in [-0.05, 0) is 66.5 Å². The molecule has 5 heteroatoms. The van der Waals surface area contributed by atoms with Crippen LogP contribution in [0.3, 0.4) is 0 Å². The minimum Gasteiger partial charge on any atom is -0.493 e. The number of aromatic nitrogens is 1. The fourth-order valence-electron chi connectivity index (χ4n) is 4.97. The molecule has 1 aliphatic carbocycles. The Bertz CT molecular complexity index is 868. The summed E-state index contributed by atoms with van der Waals surface area (Å²) in [4.78, 5) is 19.5. The lowest BCUT2D eigenvalue weighted by molar-refractivity contribution is -0.128. The van der Waals surface area contributed by atoms with Gasteiger partial charge in [0.2, 0.25) is 5.91 Å². The Morgan fingerprint density at radius 2 is 2.10 bits per heavy atom. The number of carbonyl (C=O) groups is 1. The number of aryl methyl sites for hydroxylation is 2. The number of benzene rings is 1. The van der Waals surface area contributed by atoms with E-state index < -0.39 is 0 Å². The molecule has 5 nitrogen and oxygen atoms in total. The molecule has 4 rings (SSSR count). The van der Waals surface area contributed by atoms with Crippen LogP contribution < -0.4 is 10.1 Å². The minimum atomic E-state index is -0.00204. The number of carbonyl (C=O) groups excluding carboxylic acids is 1. The van der Waals surface area contributed by atoms with Gasteiger partial charge in [0.05, 0.1) is 12.5 Å². The summed E-state index contributed by atoms with van der Waals surface area (Å²) in [5, 5.41) is 3.12. The van der Waals surface area contributed by atoms with Crippen molar-refractivity contribution in [3.05, 3.63) is 59.4 Å². The first-order valence-electron chi connectivity index (χ1n) is 11.7. The van der Waals surface area contributed by atoms with Crippen molar-refractivity contribution in [2.45, 2.75) is 46.1 Å². The number of pyridine rings is 1. The van der Waals surface area contributed by atoms with E-state index in [1.54, 1.807) is 12.4 Å². The maximum absolute atomic E-state index is 13.0. The monoisotopic (exact) mass is 421 g/mol. The molecule has 2 atom stereocenters. The highest BCUT2D eigenvalue weighted by Crippen LogP contribution is 2.28. The lowest BCUT2D eigenvalue weighted by atomic mass is 9.88. The third-order valence-corrected chi connectivity index (χ3v) is 6.35. The van der Waals surface area contributed by atoms with Gasteiger partial charge in [-0.2, -0.15) is 0 Å². The van der Waals surface area contributed by atoms with Gasteiger partial charge in [-0.1, -0.05) is 26.0 Å². The van der Waals surface area contributed by atoms with Crippen molar-refractivity contribution in [1.29, 1.82) is 0 Å². The average Bonchev–Trinajstić information content (AvgIpc) is 3.24. The Morgan fingerprint density at radius 1 is 1.23 bits per heavy atom. The van der Waals surface area contributed by atoms with Gasteiger partial charge in [-0.3, -0.25) is 9.78 Å². The van der Waals surface area contributed by atoms with Gasteiger partial charge in [0.25, 0.3) is 0 Å². The van der Waals surface area contributed by atoms with Gasteiger partial charge < -0.3 is 15.0 Å². The van der Waals surface area contributed by atoms with Crippen molar-refractivity contribution in [2.75, 3.05) is 26.2 Å². The van der Waals surface area contributed by atoms with E-state index in [4.69, 9.17) is 4.74 Å². The number of nitrogens with zero attached hydrogens (tertiary/aromatic N) is 2. The molecule has 0 bridgehead atoms. The summed E-state index contributed by atoms with van der Waals surface area (Å²) >= 11 is 0. The Kier molecular flexibility index (Phi) is 7.23. The molecule has 2 aromatic rings. The van der Waals surface area contributed by atoms with Crippen LogP contribution in [0.5, 0.6) is 5.75 Å². The van der Waals surface area contributed by atoms with Crippen LogP contribution in [-0.4, -0.2) is 42.0 Å². The molecule has 1 aromatic carbocycles. The molecule has 2 heterocycles. The smallest absolute Gasteiger partial charge is 0.224 e. The molecule has 0 radical (unpaired) electrons. The van der Waals surface area contributed by atoms with Gasteiger partial charge in [-0.25, -0.2) is 0 Å². The van der Waals surface area contributed by atoms with Gasteiger partial charge >= 0.3 is 0 Å². The Balaban J connectivity index is 1.35. The zero-order valence-electron chi connectivity index (χ0n) is 18.8. The number of hydrogen-bond donors (Lipinski definition) is 1. The maximum atomic E-state index is 13.0. The second-order valence-corrected chi connectivity index (χ2v) is 9.59. The van der Waals surface area contributed by atoms with Gasteiger partial charge in [0.15, 0.2) is 0 Å². The van der Waals surface area contributed by atoms with Gasteiger partial charge in [0.1, 0.15) is 5.75 Å².